The normalized spacial score (nSPS) is 14.9. The van der Waals surface area contributed by atoms with Crippen LogP contribution in [0.25, 0.3) is 118 Å². The average Bonchev–Trinajstić information content (AvgIpc) is 4.03. The lowest BCUT2D eigenvalue weighted by atomic mass is 9.73. The molecule has 0 fully saturated rings. The zero-order chi connectivity index (χ0) is 47.0. The van der Waals surface area contributed by atoms with Crippen LogP contribution in [0, 0.1) is 27.7 Å². The van der Waals surface area contributed by atoms with Gasteiger partial charge in [0.25, 0.3) is 0 Å². The Morgan fingerprint density at radius 3 is 1.59 bits per heavy atom. The number of nitrogens with zero attached hydrogens (tertiary/aromatic N) is 1. The third-order valence-electron chi connectivity index (χ3n) is 15.3. The number of aryl methyl sites for hydroxylation is 4. The largest absolute Gasteiger partial charge is 0.310 e. The van der Waals surface area contributed by atoms with Crippen molar-refractivity contribution in [3.8, 4) is 39.1 Å². The van der Waals surface area contributed by atoms with Crippen molar-refractivity contribution in [2.24, 2.45) is 0 Å². The molecule has 1 unspecified atom stereocenters. The first-order valence-corrected chi connectivity index (χ1v) is 26.1. The molecule has 0 aliphatic heterocycles. The van der Waals surface area contributed by atoms with Gasteiger partial charge >= 0.3 is 0 Å². The fourth-order valence-electron chi connectivity index (χ4n) is 12.1. The van der Waals surface area contributed by atoms with Crippen LogP contribution in [0.4, 0.5) is 0 Å². The van der Waals surface area contributed by atoms with Gasteiger partial charge in [0, 0.05) is 62.5 Å². The molecule has 3 heterocycles. The highest BCUT2D eigenvalue weighted by Gasteiger charge is 2.34. The van der Waals surface area contributed by atoms with E-state index in [0.717, 1.165) is 6.42 Å². The summed E-state index contributed by atoms with van der Waals surface area (Å²) in [4.78, 5) is 0. The molecule has 13 aromatic rings. The van der Waals surface area contributed by atoms with Crippen LogP contribution in [0.2, 0.25) is 0 Å². The van der Waals surface area contributed by atoms with E-state index in [2.05, 4.69) is 233 Å². The van der Waals surface area contributed by atoms with Crippen LogP contribution in [-0.2, 0) is 11.8 Å². The maximum Gasteiger partial charge on any atom is 0.0538 e. The topological polar surface area (TPSA) is 4.93 Å². The SMILES string of the molecule is Cc1ccc2sc3c(-c4ccc5c(c4)c4c(n5-c5ccc(-c6c7ccccc7c(-c7ccccc7)c7ccccc67)cc5)C=CC(C)(c5cc(C)cc6c5sc5ccc(C)cc56)C4)cc(C)cc3c2c1. The van der Waals surface area contributed by atoms with Gasteiger partial charge in [-0.05, 0) is 179 Å². The van der Waals surface area contributed by atoms with E-state index in [4.69, 9.17) is 0 Å². The second-order valence-corrected chi connectivity index (χ2v) is 22.3. The van der Waals surface area contributed by atoms with Crippen molar-refractivity contribution in [3.05, 3.63) is 227 Å². The Balaban J connectivity index is 0.969. The van der Waals surface area contributed by atoms with E-state index in [9.17, 15) is 0 Å². The predicted molar refractivity (Wildman–Crippen MR) is 306 cm³/mol. The second-order valence-electron chi connectivity index (χ2n) is 20.2. The quantitative estimate of drug-likeness (QED) is 0.152. The zero-order valence-electron chi connectivity index (χ0n) is 39.9. The average molecular weight is 932 g/mol. The highest BCUT2D eigenvalue weighted by atomic mass is 32.1. The number of hydrogen-bond donors (Lipinski definition) is 0. The van der Waals surface area contributed by atoms with Gasteiger partial charge < -0.3 is 4.57 Å². The second kappa shape index (κ2) is 15.5. The van der Waals surface area contributed by atoms with Crippen molar-refractivity contribution in [2.75, 3.05) is 0 Å². The Labute approximate surface area is 416 Å². The molecule has 3 aromatic heterocycles. The molecular weight excluding hydrogens is 883 g/mol. The summed E-state index contributed by atoms with van der Waals surface area (Å²) in [6.45, 7) is 11.4. The molecule has 1 aliphatic rings. The summed E-state index contributed by atoms with van der Waals surface area (Å²) >= 11 is 3.88. The molecule has 1 aliphatic carbocycles. The Morgan fingerprint density at radius 2 is 0.957 bits per heavy atom. The zero-order valence-corrected chi connectivity index (χ0v) is 41.6. The van der Waals surface area contributed by atoms with Crippen LogP contribution in [0.15, 0.2) is 188 Å². The number of rotatable bonds is 5. The number of aromatic nitrogens is 1. The first-order valence-electron chi connectivity index (χ1n) is 24.5. The van der Waals surface area contributed by atoms with Gasteiger partial charge in [-0.15, -0.1) is 22.7 Å². The molecule has 0 saturated heterocycles. The van der Waals surface area contributed by atoms with Gasteiger partial charge in [0.05, 0.1) is 5.52 Å². The number of hydrogen-bond acceptors (Lipinski definition) is 2. The number of allylic oxidation sites excluding steroid dienone is 1. The van der Waals surface area contributed by atoms with E-state index >= 15 is 0 Å². The highest BCUT2D eigenvalue weighted by molar-refractivity contribution is 7.26. The van der Waals surface area contributed by atoms with Crippen LogP contribution in [-0.4, -0.2) is 4.57 Å². The number of fused-ring (bicyclic) bond motifs is 11. The third kappa shape index (κ3) is 6.28. The molecule has 0 amide bonds. The highest BCUT2D eigenvalue weighted by Crippen LogP contribution is 2.49. The number of benzene rings is 10. The van der Waals surface area contributed by atoms with Crippen LogP contribution in [0.1, 0.15) is 46.0 Å². The molecule has 1 atom stereocenters. The summed E-state index contributed by atoms with van der Waals surface area (Å²) in [7, 11) is 0. The standard InChI is InChI=1S/C67H49NS2/c1-39-19-27-61-53(31-39)55-34-41(3)33-51(65(55)69-61)45-23-26-59-52(37-45)57-38-67(5,58-36-42(4)35-56-54-32-40(2)20-28-62(54)70-66(56)58)30-29-60(57)68(59)46-24-21-44(22-25-46)64-49-17-11-9-15-47(49)63(43-13-7-6-8-14-43)48-16-10-12-18-50(48)64/h6-37H,38H2,1-5H3. The minimum absolute atomic E-state index is 0.222. The Morgan fingerprint density at radius 1 is 0.429 bits per heavy atom. The summed E-state index contributed by atoms with van der Waals surface area (Å²) in [5, 5.41) is 11.9. The van der Waals surface area contributed by atoms with E-state index in [1.54, 1.807) is 0 Å². The molecular formula is C67H49NS2. The van der Waals surface area contributed by atoms with E-state index in [1.165, 1.54) is 151 Å². The van der Waals surface area contributed by atoms with Crippen molar-refractivity contribution < 1.29 is 0 Å². The minimum Gasteiger partial charge on any atom is -0.310 e. The summed E-state index contributed by atoms with van der Waals surface area (Å²) in [5.74, 6) is 0. The van der Waals surface area contributed by atoms with Gasteiger partial charge in [0.1, 0.15) is 0 Å². The van der Waals surface area contributed by atoms with Crippen molar-refractivity contribution in [2.45, 2.75) is 46.5 Å². The van der Waals surface area contributed by atoms with E-state index in [1.807, 2.05) is 22.7 Å². The summed E-state index contributed by atoms with van der Waals surface area (Å²) < 4.78 is 8.00. The Kier molecular flexibility index (Phi) is 9.15. The molecule has 1 nitrogen and oxygen atoms in total. The van der Waals surface area contributed by atoms with Gasteiger partial charge in [0.15, 0.2) is 0 Å². The number of thiophene rings is 2. The van der Waals surface area contributed by atoms with Crippen molar-refractivity contribution >= 4 is 102 Å². The van der Waals surface area contributed by atoms with Gasteiger partial charge in [-0.2, -0.15) is 0 Å². The van der Waals surface area contributed by atoms with Crippen LogP contribution in [0.5, 0.6) is 0 Å². The van der Waals surface area contributed by atoms with Crippen LogP contribution >= 0.6 is 22.7 Å². The van der Waals surface area contributed by atoms with Gasteiger partial charge in [-0.1, -0.05) is 145 Å². The summed E-state index contributed by atoms with van der Waals surface area (Å²) in [5.41, 5.74) is 19.1. The smallest absolute Gasteiger partial charge is 0.0538 e. The molecule has 10 aromatic carbocycles. The molecule has 0 spiro atoms. The molecule has 0 N–H and O–H groups in total. The molecule has 3 heteroatoms. The third-order valence-corrected chi connectivity index (χ3v) is 17.8. The minimum atomic E-state index is -0.222. The van der Waals surface area contributed by atoms with E-state index in [0.29, 0.717) is 0 Å². The molecule has 0 saturated carbocycles. The lowest BCUT2D eigenvalue weighted by Gasteiger charge is -2.31. The fraction of sp³-hybridized carbons (Fsp3) is 0.104. The Bertz CT molecular complexity index is 4310. The first kappa shape index (κ1) is 41.4. The van der Waals surface area contributed by atoms with Gasteiger partial charge in [-0.3, -0.25) is 0 Å². The molecule has 14 rings (SSSR count). The maximum absolute atomic E-state index is 2.53. The van der Waals surface area contributed by atoms with Crippen LogP contribution < -0.4 is 0 Å². The summed E-state index contributed by atoms with van der Waals surface area (Å²) in [6, 6.07) is 69.0. The summed E-state index contributed by atoms with van der Waals surface area (Å²) in [6.07, 6.45) is 5.85. The molecule has 70 heavy (non-hydrogen) atoms. The van der Waals surface area contributed by atoms with Gasteiger partial charge in [-0.25, -0.2) is 0 Å². The lowest BCUT2D eigenvalue weighted by molar-refractivity contribution is 0.593. The van der Waals surface area contributed by atoms with E-state index < -0.39 is 0 Å². The predicted octanol–water partition coefficient (Wildman–Crippen LogP) is 19.4. The fourth-order valence-corrected chi connectivity index (χ4v) is 14.6. The molecule has 0 radical (unpaired) electrons. The van der Waals surface area contributed by atoms with Crippen molar-refractivity contribution in [1.29, 1.82) is 0 Å². The monoisotopic (exact) mass is 931 g/mol. The Hall–Kier alpha value is -7.56. The molecule has 334 valence electrons. The lowest BCUT2D eigenvalue weighted by Crippen LogP contribution is -2.25. The first-order chi connectivity index (χ1) is 34.2. The van der Waals surface area contributed by atoms with Crippen LogP contribution in [0.3, 0.4) is 0 Å². The molecule has 0 bridgehead atoms. The van der Waals surface area contributed by atoms with Crippen molar-refractivity contribution in [1.82, 2.24) is 4.57 Å². The van der Waals surface area contributed by atoms with Crippen molar-refractivity contribution in [3.63, 3.8) is 0 Å². The maximum atomic E-state index is 2.53. The van der Waals surface area contributed by atoms with E-state index in [-0.39, 0.29) is 5.41 Å². The van der Waals surface area contributed by atoms with Gasteiger partial charge in [0.2, 0.25) is 0 Å².